The topological polar surface area (TPSA) is 61.8 Å². The van der Waals surface area contributed by atoms with Gasteiger partial charge >= 0.3 is 18.3 Å². The van der Waals surface area contributed by atoms with Crippen molar-refractivity contribution in [3.8, 4) is 22.6 Å². The van der Waals surface area contributed by atoms with E-state index >= 15 is 0 Å². The highest BCUT2D eigenvalue weighted by molar-refractivity contribution is 7.26. The molecule has 0 atom stereocenters. The monoisotopic (exact) mass is 568 g/mol. The smallest absolute Gasteiger partial charge is 0.462 e. The molecule has 0 aliphatic rings. The van der Waals surface area contributed by atoms with Gasteiger partial charge in [-0.3, -0.25) is 0 Å². The number of esters is 2. The predicted molar refractivity (Wildman–Crippen MR) is 151 cm³/mol. The lowest BCUT2D eigenvalue weighted by Gasteiger charge is -2.15. The largest absolute Gasteiger partial charge is 0.573 e. The lowest BCUT2D eigenvalue weighted by atomic mass is 9.99. The van der Waals surface area contributed by atoms with Crippen LogP contribution in [0.5, 0.6) is 11.5 Å². The number of alkyl halides is 3. The van der Waals surface area contributed by atoms with Crippen LogP contribution in [0.1, 0.15) is 31.4 Å². The Balaban J connectivity index is 1.69. The number of halogens is 3. The van der Waals surface area contributed by atoms with Crippen molar-refractivity contribution in [2.75, 3.05) is 6.61 Å². The summed E-state index contributed by atoms with van der Waals surface area (Å²) in [5.41, 5.74) is 3.00. The average molecular weight is 569 g/mol. The summed E-state index contributed by atoms with van der Waals surface area (Å²) in [7, 11) is 0. The molecule has 0 fully saturated rings. The van der Waals surface area contributed by atoms with Crippen molar-refractivity contribution in [2.24, 2.45) is 0 Å². The Hall–Kier alpha value is -4.11. The zero-order chi connectivity index (χ0) is 29.2. The Bertz CT molecular complexity index is 1630. The molecule has 3 aromatic carbocycles. The minimum absolute atomic E-state index is 0.235. The van der Waals surface area contributed by atoms with Crippen LogP contribution in [0.4, 0.5) is 13.2 Å². The van der Waals surface area contributed by atoms with Gasteiger partial charge in [0.05, 0.1) is 11.3 Å². The van der Waals surface area contributed by atoms with Gasteiger partial charge in [0.1, 0.15) is 5.75 Å². The maximum absolute atomic E-state index is 13.6. The van der Waals surface area contributed by atoms with E-state index in [0.29, 0.717) is 55.6 Å². The third-order valence-corrected chi connectivity index (χ3v) is 7.53. The summed E-state index contributed by atoms with van der Waals surface area (Å²) in [6.07, 6.45) is -3.68. The van der Waals surface area contributed by atoms with Crippen LogP contribution < -0.4 is 9.47 Å². The van der Waals surface area contributed by atoms with E-state index < -0.39 is 18.3 Å². The second-order valence-electron chi connectivity index (χ2n) is 9.42. The number of rotatable bonds is 9. The third kappa shape index (κ3) is 6.37. The predicted octanol–water partition coefficient (Wildman–Crippen LogP) is 8.46. The van der Waals surface area contributed by atoms with Crippen molar-refractivity contribution in [3.05, 3.63) is 84.0 Å². The highest BCUT2D eigenvalue weighted by Crippen LogP contribution is 2.48. The fraction of sp³-hybridized carbons (Fsp3) is 0.226. The third-order valence-electron chi connectivity index (χ3n) is 6.19. The summed E-state index contributed by atoms with van der Waals surface area (Å²) in [4.78, 5) is 23.6. The minimum Gasteiger partial charge on any atom is -0.462 e. The summed E-state index contributed by atoms with van der Waals surface area (Å²) in [5.74, 6) is -0.993. The SMILES string of the molecule is C=C(C)C(=O)OCCCc1ccc(-c2ccc3c(sc4c(C)c(OC(=O)C(=C)C)ccc43)c2OC(F)(F)F)cc1. The van der Waals surface area contributed by atoms with Gasteiger partial charge in [-0.1, -0.05) is 43.5 Å². The van der Waals surface area contributed by atoms with Crippen LogP contribution in [0.15, 0.2) is 72.8 Å². The van der Waals surface area contributed by atoms with E-state index in [4.69, 9.17) is 9.47 Å². The maximum Gasteiger partial charge on any atom is 0.573 e. The van der Waals surface area contributed by atoms with Crippen molar-refractivity contribution in [3.63, 3.8) is 0 Å². The highest BCUT2D eigenvalue weighted by Gasteiger charge is 2.34. The van der Waals surface area contributed by atoms with Crippen molar-refractivity contribution in [1.82, 2.24) is 0 Å². The highest BCUT2D eigenvalue weighted by atomic mass is 32.1. The first-order valence-corrected chi connectivity index (χ1v) is 13.2. The molecule has 40 heavy (non-hydrogen) atoms. The molecule has 0 radical (unpaired) electrons. The molecule has 208 valence electrons. The number of aryl methyl sites for hydroxylation is 2. The van der Waals surface area contributed by atoms with Gasteiger partial charge in [-0.25, -0.2) is 9.59 Å². The molecule has 1 heterocycles. The Kier molecular flexibility index (Phi) is 8.34. The van der Waals surface area contributed by atoms with Crippen molar-refractivity contribution < 1.29 is 37.0 Å². The van der Waals surface area contributed by atoms with Gasteiger partial charge in [0.15, 0.2) is 5.75 Å². The van der Waals surface area contributed by atoms with Crippen LogP contribution >= 0.6 is 11.3 Å². The van der Waals surface area contributed by atoms with Crippen LogP contribution in [0, 0.1) is 6.92 Å². The first kappa shape index (κ1) is 28.9. The second-order valence-corrected chi connectivity index (χ2v) is 10.4. The van der Waals surface area contributed by atoms with Crippen molar-refractivity contribution >= 4 is 43.4 Å². The second kappa shape index (κ2) is 11.6. The molecule has 0 amide bonds. The molecule has 0 saturated heterocycles. The number of hydrogen-bond donors (Lipinski definition) is 0. The van der Waals surface area contributed by atoms with Crippen LogP contribution in [0.3, 0.4) is 0 Å². The van der Waals surface area contributed by atoms with Crippen molar-refractivity contribution in [2.45, 2.75) is 40.0 Å². The van der Waals surface area contributed by atoms with Crippen LogP contribution in [-0.2, 0) is 20.7 Å². The fourth-order valence-electron chi connectivity index (χ4n) is 4.15. The summed E-state index contributed by atoms with van der Waals surface area (Å²) in [6, 6.07) is 13.9. The zero-order valence-corrected chi connectivity index (χ0v) is 23.1. The average Bonchev–Trinajstić information content (AvgIpc) is 3.28. The van der Waals surface area contributed by atoms with E-state index in [2.05, 4.69) is 17.9 Å². The molecule has 9 heteroatoms. The number of carbonyl (C=O) groups is 2. The van der Waals surface area contributed by atoms with E-state index in [-0.39, 0.29) is 17.9 Å². The first-order valence-electron chi connectivity index (χ1n) is 12.4. The number of thiophene rings is 1. The fourth-order valence-corrected chi connectivity index (χ4v) is 5.43. The van der Waals surface area contributed by atoms with E-state index in [0.717, 1.165) is 22.3 Å². The molecule has 5 nitrogen and oxygen atoms in total. The van der Waals surface area contributed by atoms with Gasteiger partial charge in [0.2, 0.25) is 0 Å². The molecular weight excluding hydrogens is 541 g/mol. The standard InChI is InChI=1S/C31H27F3O5S/c1-17(2)29(35)37-16-6-7-20-8-10-21(11-9-20)22-12-13-24-23-14-15-25(38-30(36)18(3)4)19(5)27(23)40-28(24)26(22)39-31(32,33)34/h8-15H,1,3,6-7,16H2,2,4-5H3. The molecule has 0 N–H and O–H groups in total. The molecule has 0 spiro atoms. The van der Waals surface area contributed by atoms with Gasteiger partial charge in [-0.2, -0.15) is 0 Å². The molecule has 0 unspecified atom stereocenters. The zero-order valence-electron chi connectivity index (χ0n) is 22.2. The number of benzene rings is 3. The van der Waals surface area contributed by atoms with Gasteiger partial charge in [0.25, 0.3) is 0 Å². The lowest BCUT2D eigenvalue weighted by molar-refractivity contribution is -0.273. The van der Waals surface area contributed by atoms with Crippen LogP contribution in [0.2, 0.25) is 0 Å². The van der Waals surface area contributed by atoms with Gasteiger partial charge in [-0.05, 0) is 62.9 Å². The molecule has 4 aromatic rings. The Morgan fingerprint density at radius 2 is 1.50 bits per heavy atom. The molecule has 0 aliphatic heterocycles. The van der Waals surface area contributed by atoms with E-state index in [1.165, 1.54) is 6.92 Å². The lowest BCUT2D eigenvalue weighted by Crippen LogP contribution is -2.17. The Morgan fingerprint density at radius 3 is 2.12 bits per heavy atom. The maximum atomic E-state index is 13.6. The van der Waals surface area contributed by atoms with Crippen molar-refractivity contribution in [1.29, 1.82) is 0 Å². The number of hydrogen-bond acceptors (Lipinski definition) is 6. The summed E-state index contributed by atoms with van der Waals surface area (Å²) < 4.78 is 56.9. The van der Waals surface area contributed by atoms with Gasteiger partial charge < -0.3 is 14.2 Å². The Morgan fingerprint density at radius 1 is 0.875 bits per heavy atom. The minimum atomic E-state index is -4.91. The van der Waals surface area contributed by atoms with E-state index in [1.807, 2.05) is 12.1 Å². The molecule has 0 aliphatic carbocycles. The van der Waals surface area contributed by atoms with Gasteiger partial charge in [-0.15, -0.1) is 24.5 Å². The molecule has 0 saturated carbocycles. The van der Waals surface area contributed by atoms with Crippen LogP contribution in [-0.4, -0.2) is 24.9 Å². The Labute approximate surface area is 233 Å². The molecule has 0 bridgehead atoms. The summed E-state index contributed by atoms with van der Waals surface area (Å²) in [6.45, 7) is 12.2. The number of ether oxygens (including phenoxy) is 3. The number of carbonyl (C=O) groups excluding carboxylic acids is 2. The summed E-state index contributed by atoms with van der Waals surface area (Å²) in [5, 5.41) is 1.33. The molecule has 1 aromatic heterocycles. The number of fused-ring (bicyclic) bond motifs is 3. The van der Waals surface area contributed by atoms with Crippen LogP contribution in [0.25, 0.3) is 31.3 Å². The molecular formula is C31H27F3O5S. The first-order chi connectivity index (χ1) is 18.9. The normalized spacial score (nSPS) is 11.4. The van der Waals surface area contributed by atoms with E-state index in [1.54, 1.807) is 50.2 Å². The molecule has 4 rings (SSSR count). The van der Waals surface area contributed by atoms with Gasteiger partial charge in [0, 0.05) is 37.7 Å². The quantitative estimate of drug-likeness (QED) is 0.0877. The van der Waals surface area contributed by atoms with E-state index in [9.17, 15) is 22.8 Å². The summed E-state index contributed by atoms with van der Waals surface area (Å²) >= 11 is 1.15.